The van der Waals surface area contributed by atoms with E-state index in [4.69, 9.17) is 4.74 Å². The predicted octanol–water partition coefficient (Wildman–Crippen LogP) is 7.90. The Morgan fingerprint density at radius 1 is 0.653 bits per heavy atom. The summed E-state index contributed by atoms with van der Waals surface area (Å²) in [5, 5.41) is 15.0. The fraction of sp³-hybridized carbons (Fsp3) is 0.119. The molecule has 1 unspecified atom stereocenters. The molecule has 0 aliphatic carbocycles. The average Bonchev–Trinajstić information content (AvgIpc) is 3.15. The van der Waals surface area contributed by atoms with Gasteiger partial charge >= 0.3 is 5.97 Å². The van der Waals surface area contributed by atoms with Crippen LogP contribution in [-0.2, 0) is 17.8 Å². The number of hydrogen-bond donors (Lipinski definition) is 2. The Morgan fingerprint density at radius 3 is 2.04 bits per heavy atom. The normalized spacial score (nSPS) is 11.4. The number of rotatable bonds is 14. The van der Waals surface area contributed by atoms with Crippen LogP contribution in [0.4, 0.5) is 5.69 Å². The first kappa shape index (κ1) is 32.7. The summed E-state index contributed by atoms with van der Waals surface area (Å²) < 4.78 is 6.07. The lowest BCUT2D eigenvalue weighted by molar-refractivity contribution is -0.137. The zero-order chi connectivity index (χ0) is 34.0. The van der Waals surface area contributed by atoms with Gasteiger partial charge in [0.2, 0.25) is 0 Å². The molecule has 0 radical (unpaired) electrons. The second-order valence-corrected chi connectivity index (χ2v) is 11.7. The lowest BCUT2D eigenvalue weighted by Gasteiger charge is -2.24. The van der Waals surface area contributed by atoms with E-state index in [1.54, 1.807) is 65.6 Å². The van der Waals surface area contributed by atoms with E-state index in [9.17, 15) is 19.5 Å². The Balaban J connectivity index is 1.11. The number of anilines is 1. The van der Waals surface area contributed by atoms with Crippen LogP contribution in [0.5, 0.6) is 5.75 Å². The lowest BCUT2D eigenvalue weighted by Crippen LogP contribution is -2.34. The Labute approximate surface area is 285 Å². The van der Waals surface area contributed by atoms with Gasteiger partial charge in [0, 0.05) is 35.3 Å². The number of hydrogen-bond acceptors (Lipinski definition) is 5. The van der Waals surface area contributed by atoms with Crippen molar-refractivity contribution in [2.75, 3.05) is 18.5 Å². The van der Waals surface area contributed by atoms with Crippen LogP contribution in [-0.4, -0.2) is 46.9 Å². The van der Waals surface area contributed by atoms with Gasteiger partial charge in [-0.2, -0.15) is 0 Å². The minimum atomic E-state index is -1.03. The molecule has 7 nitrogen and oxygen atoms in total. The van der Waals surface area contributed by atoms with E-state index in [1.165, 1.54) is 0 Å². The van der Waals surface area contributed by atoms with Crippen LogP contribution in [0.25, 0.3) is 10.8 Å². The molecule has 0 spiro atoms. The van der Waals surface area contributed by atoms with Gasteiger partial charge in [0.25, 0.3) is 5.91 Å². The van der Waals surface area contributed by atoms with Gasteiger partial charge in [-0.25, -0.2) is 4.79 Å². The molecule has 0 saturated heterocycles. The largest absolute Gasteiger partial charge is 0.492 e. The summed E-state index contributed by atoms with van der Waals surface area (Å²) in [6, 6.07) is 45.7. The number of ether oxygens (including phenoxy) is 1. The third kappa shape index (κ3) is 8.21. The van der Waals surface area contributed by atoms with Gasteiger partial charge in [-0.05, 0) is 52.2 Å². The molecule has 7 heteroatoms. The number of carbonyl (C=O) groups is 3. The van der Waals surface area contributed by atoms with Crippen LogP contribution in [0, 0.1) is 0 Å². The molecule has 0 aliphatic rings. The molecular weight excluding hydrogens is 612 g/mol. The second kappa shape index (κ2) is 15.6. The third-order valence-electron chi connectivity index (χ3n) is 8.35. The van der Waals surface area contributed by atoms with Gasteiger partial charge in [0.05, 0.1) is 6.54 Å². The molecule has 2 N–H and O–H groups in total. The van der Waals surface area contributed by atoms with Crippen molar-refractivity contribution in [2.24, 2.45) is 0 Å². The van der Waals surface area contributed by atoms with E-state index in [1.807, 2.05) is 91.0 Å². The zero-order valence-electron chi connectivity index (χ0n) is 26.9. The number of fused-ring (bicyclic) bond motifs is 1. The van der Waals surface area contributed by atoms with Crippen LogP contribution in [0.1, 0.15) is 37.4 Å². The van der Waals surface area contributed by atoms with Crippen molar-refractivity contribution in [1.82, 2.24) is 4.90 Å². The van der Waals surface area contributed by atoms with E-state index in [-0.39, 0.29) is 24.7 Å². The highest BCUT2D eigenvalue weighted by Crippen LogP contribution is 2.23. The molecule has 0 fully saturated rings. The van der Waals surface area contributed by atoms with E-state index in [0.717, 1.165) is 21.9 Å². The highest BCUT2D eigenvalue weighted by Gasteiger charge is 2.22. The number of ketones is 1. The summed E-state index contributed by atoms with van der Waals surface area (Å²) in [5.74, 6) is -0.675. The van der Waals surface area contributed by atoms with Crippen LogP contribution in [0.15, 0.2) is 152 Å². The Bertz CT molecular complexity index is 2040. The summed E-state index contributed by atoms with van der Waals surface area (Å²) in [5.41, 5.74) is 3.85. The highest BCUT2D eigenvalue weighted by molar-refractivity contribution is 6.12. The Kier molecular flexibility index (Phi) is 10.4. The summed E-state index contributed by atoms with van der Waals surface area (Å²) >= 11 is 0. The van der Waals surface area contributed by atoms with Crippen molar-refractivity contribution in [3.63, 3.8) is 0 Å². The first-order chi connectivity index (χ1) is 24.0. The minimum absolute atomic E-state index is 0.0705. The molecule has 0 aliphatic heterocycles. The number of amides is 1. The first-order valence-corrected chi connectivity index (χ1v) is 16.2. The maximum absolute atomic E-state index is 13.9. The van der Waals surface area contributed by atoms with E-state index in [0.29, 0.717) is 41.2 Å². The molecule has 0 heterocycles. The number of carbonyl (C=O) groups excluding carboxylic acids is 2. The standard InChI is InChI=1S/C42H36N2O5/c45-40(33-15-5-2-6-16-33)37-19-9-10-21-38(37)43-39(42(47)48)28-30-22-24-34(25-23-30)49-27-26-44(29-31-12-3-1-4-13-31)41(46)36-20-11-17-32-14-7-8-18-35(32)36/h1-25,39,43H,26-29H2,(H,47,48). The molecule has 244 valence electrons. The van der Waals surface area contributed by atoms with Crippen LogP contribution < -0.4 is 10.1 Å². The molecule has 49 heavy (non-hydrogen) atoms. The van der Waals surface area contributed by atoms with Crippen molar-refractivity contribution in [3.8, 4) is 5.75 Å². The average molecular weight is 649 g/mol. The number of benzene rings is 6. The fourth-order valence-electron chi connectivity index (χ4n) is 5.81. The van der Waals surface area contributed by atoms with Gasteiger partial charge < -0.3 is 20.1 Å². The van der Waals surface area contributed by atoms with Gasteiger partial charge in [0.15, 0.2) is 5.78 Å². The van der Waals surface area contributed by atoms with Gasteiger partial charge in [-0.15, -0.1) is 0 Å². The number of carboxylic acid groups (broad SMARTS) is 1. The Morgan fingerprint density at radius 2 is 1.29 bits per heavy atom. The molecule has 1 amide bonds. The maximum Gasteiger partial charge on any atom is 0.326 e. The zero-order valence-corrected chi connectivity index (χ0v) is 26.9. The topological polar surface area (TPSA) is 95.9 Å². The minimum Gasteiger partial charge on any atom is -0.492 e. The van der Waals surface area contributed by atoms with Gasteiger partial charge in [0.1, 0.15) is 18.4 Å². The predicted molar refractivity (Wildman–Crippen MR) is 192 cm³/mol. The van der Waals surface area contributed by atoms with Crippen molar-refractivity contribution in [2.45, 2.75) is 19.0 Å². The van der Waals surface area contributed by atoms with Crippen molar-refractivity contribution in [3.05, 3.63) is 179 Å². The summed E-state index contributed by atoms with van der Waals surface area (Å²) in [6.07, 6.45) is 0.188. The molecular formula is C42H36N2O5. The molecule has 0 aromatic heterocycles. The smallest absolute Gasteiger partial charge is 0.326 e. The molecule has 6 rings (SSSR count). The highest BCUT2D eigenvalue weighted by atomic mass is 16.5. The first-order valence-electron chi connectivity index (χ1n) is 16.2. The number of nitrogens with zero attached hydrogens (tertiary/aromatic N) is 1. The molecule has 0 bridgehead atoms. The molecule has 1 atom stereocenters. The SMILES string of the molecule is O=C(c1ccccc1)c1ccccc1NC(Cc1ccc(OCCN(Cc2ccccc2)C(=O)c2cccc3ccccc23)cc1)C(=O)O. The molecule has 6 aromatic carbocycles. The summed E-state index contributed by atoms with van der Waals surface area (Å²) in [4.78, 5) is 41.1. The number of carboxylic acids is 1. The molecule has 6 aromatic rings. The fourth-order valence-corrected chi connectivity index (χ4v) is 5.81. The number of aliphatic carboxylic acids is 1. The second-order valence-electron chi connectivity index (χ2n) is 11.7. The monoisotopic (exact) mass is 648 g/mol. The Hall–Kier alpha value is -6.21. The number of para-hydroxylation sites is 1. The van der Waals surface area contributed by atoms with Crippen LogP contribution in [0.3, 0.4) is 0 Å². The van der Waals surface area contributed by atoms with E-state index < -0.39 is 12.0 Å². The summed E-state index contributed by atoms with van der Waals surface area (Å²) in [7, 11) is 0. The summed E-state index contributed by atoms with van der Waals surface area (Å²) in [6.45, 7) is 1.08. The van der Waals surface area contributed by atoms with Gasteiger partial charge in [-0.3, -0.25) is 9.59 Å². The van der Waals surface area contributed by atoms with Gasteiger partial charge in [-0.1, -0.05) is 121 Å². The van der Waals surface area contributed by atoms with Crippen molar-refractivity contribution >= 4 is 34.1 Å². The number of nitrogens with one attached hydrogen (secondary N) is 1. The van der Waals surface area contributed by atoms with E-state index in [2.05, 4.69) is 5.32 Å². The lowest BCUT2D eigenvalue weighted by atomic mass is 10.00. The van der Waals surface area contributed by atoms with Crippen molar-refractivity contribution < 1.29 is 24.2 Å². The third-order valence-corrected chi connectivity index (χ3v) is 8.35. The molecule has 0 saturated carbocycles. The maximum atomic E-state index is 13.9. The van der Waals surface area contributed by atoms with Crippen LogP contribution in [0.2, 0.25) is 0 Å². The van der Waals surface area contributed by atoms with E-state index >= 15 is 0 Å². The van der Waals surface area contributed by atoms with Crippen LogP contribution >= 0.6 is 0 Å². The van der Waals surface area contributed by atoms with Crippen molar-refractivity contribution in [1.29, 1.82) is 0 Å². The quantitative estimate of drug-likeness (QED) is 0.117.